The summed E-state index contributed by atoms with van der Waals surface area (Å²) in [5.74, 6) is 0. The van der Waals surface area contributed by atoms with Gasteiger partial charge in [-0.25, -0.2) is 9.69 Å². The van der Waals surface area contributed by atoms with Crippen LogP contribution in [0, 0.1) is 20.1 Å². The third kappa shape index (κ3) is 1.50. The van der Waals surface area contributed by atoms with Crippen molar-refractivity contribution < 1.29 is 4.68 Å². The highest BCUT2D eigenvalue weighted by molar-refractivity contribution is 5.95. The zero-order valence-electron chi connectivity index (χ0n) is 11.5. The van der Waals surface area contributed by atoms with Crippen LogP contribution >= 0.6 is 0 Å². The lowest BCUT2D eigenvalue weighted by Gasteiger charge is -2.01. The third-order valence-electron chi connectivity index (χ3n) is 3.91. The van der Waals surface area contributed by atoms with Crippen molar-refractivity contribution in [1.82, 2.24) is 4.68 Å². The van der Waals surface area contributed by atoms with E-state index < -0.39 is 0 Å². The Morgan fingerprint density at radius 1 is 1.14 bits per heavy atom. The van der Waals surface area contributed by atoms with Gasteiger partial charge in [0.25, 0.3) is 0 Å². The van der Waals surface area contributed by atoms with Gasteiger partial charge >= 0.3 is 0 Å². The van der Waals surface area contributed by atoms with E-state index >= 15 is 0 Å². The SMILES string of the molecule is [C-]#[N+]c1cc([N+]#[C-])c2c(c1)c[n+]1n2-c2ccc(C)cc2C1. The van der Waals surface area contributed by atoms with Gasteiger partial charge in [-0.15, -0.1) is 9.36 Å². The number of hydrogen-bond acceptors (Lipinski definition) is 0. The van der Waals surface area contributed by atoms with Gasteiger partial charge in [0.05, 0.1) is 13.1 Å². The molecule has 1 aromatic heterocycles. The summed E-state index contributed by atoms with van der Waals surface area (Å²) in [6.45, 7) is 17.5. The van der Waals surface area contributed by atoms with Crippen molar-refractivity contribution in [1.29, 1.82) is 0 Å². The standard InChI is InChI=1S/C17H11N4/c1-11-4-5-16-12(6-11)9-20-10-13-7-14(18-2)8-15(19-3)17(13)21(16)20/h4-8,10H,9H2,1H3/q+1. The second-order valence-electron chi connectivity index (χ2n) is 5.30. The van der Waals surface area contributed by atoms with Crippen LogP contribution in [-0.4, -0.2) is 4.68 Å². The molecule has 0 amide bonds. The van der Waals surface area contributed by atoms with Gasteiger partial charge in [0.1, 0.15) is 11.2 Å². The molecule has 0 saturated heterocycles. The Morgan fingerprint density at radius 2 is 2.00 bits per heavy atom. The summed E-state index contributed by atoms with van der Waals surface area (Å²) in [6.07, 6.45) is 2.02. The average molecular weight is 271 g/mol. The summed E-state index contributed by atoms with van der Waals surface area (Å²) < 4.78 is 4.20. The molecule has 0 spiro atoms. The van der Waals surface area contributed by atoms with Gasteiger partial charge in [-0.3, -0.25) is 0 Å². The molecule has 1 aliphatic rings. The highest BCUT2D eigenvalue weighted by Crippen LogP contribution is 2.35. The van der Waals surface area contributed by atoms with E-state index in [9.17, 15) is 0 Å². The number of fused-ring (bicyclic) bond motifs is 5. The van der Waals surface area contributed by atoms with Crippen molar-refractivity contribution in [2.75, 3.05) is 0 Å². The molecule has 4 nitrogen and oxygen atoms in total. The number of nitrogens with zero attached hydrogens (tertiary/aromatic N) is 4. The largest absolute Gasteiger partial charge is 0.239 e. The summed E-state index contributed by atoms with van der Waals surface area (Å²) in [5, 5.41) is 0.945. The van der Waals surface area contributed by atoms with E-state index in [-0.39, 0.29) is 0 Å². The molecule has 2 heterocycles. The molecule has 21 heavy (non-hydrogen) atoms. The molecule has 3 aromatic rings. The Hall–Kier alpha value is -3.11. The third-order valence-corrected chi connectivity index (χ3v) is 3.91. The van der Waals surface area contributed by atoms with Crippen LogP contribution in [0.25, 0.3) is 26.3 Å². The number of benzene rings is 2. The summed E-state index contributed by atoms with van der Waals surface area (Å²) in [6, 6.07) is 9.90. The quantitative estimate of drug-likeness (QED) is 0.343. The minimum Gasteiger partial charge on any atom is -0.239 e. The van der Waals surface area contributed by atoms with E-state index in [1.807, 2.05) is 12.3 Å². The maximum absolute atomic E-state index is 7.42. The molecule has 0 bridgehead atoms. The van der Waals surface area contributed by atoms with Gasteiger partial charge in [-0.05, 0) is 31.2 Å². The monoisotopic (exact) mass is 271 g/mol. The molecule has 0 radical (unpaired) electrons. The Labute approximate surface area is 122 Å². The average Bonchev–Trinajstić information content (AvgIpc) is 3.00. The highest BCUT2D eigenvalue weighted by Gasteiger charge is 2.29. The van der Waals surface area contributed by atoms with Crippen molar-refractivity contribution in [3.8, 4) is 5.69 Å². The Kier molecular flexibility index (Phi) is 2.20. The maximum atomic E-state index is 7.42. The van der Waals surface area contributed by atoms with Gasteiger partial charge in [0.15, 0.2) is 12.2 Å². The van der Waals surface area contributed by atoms with Crippen LogP contribution in [0.5, 0.6) is 0 Å². The Morgan fingerprint density at radius 3 is 2.76 bits per heavy atom. The van der Waals surface area contributed by atoms with Crippen LogP contribution < -0.4 is 4.68 Å². The van der Waals surface area contributed by atoms with Crippen LogP contribution in [0.1, 0.15) is 11.1 Å². The molecule has 0 unspecified atom stereocenters. The molecule has 0 aliphatic carbocycles. The molecule has 0 saturated carbocycles. The van der Waals surface area contributed by atoms with E-state index in [1.165, 1.54) is 11.1 Å². The summed E-state index contributed by atoms with van der Waals surface area (Å²) in [5.41, 5.74) is 5.57. The summed E-state index contributed by atoms with van der Waals surface area (Å²) in [4.78, 5) is 7.08. The first kappa shape index (κ1) is 11.7. The van der Waals surface area contributed by atoms with Crippen molar-refractivity contribution in [3.63, 3.8) is 0 Å². The Bertz CT molecular complexity index is 996. The second kappa shape index (κ2) is 3.94. The van der Waals surface area contributed by atoms with Crippen molar-refractivity contribution >= 4 is 22.3 Å². The maximum Gasteiger partial charge on any atom is 0.207 e. The molecule has 98 valence electrons. The lowest BCUT2D eigenvalue weighted by atomic mass is 10.1. The zero-order chi connectivity index (χ0) is 14.6. The number of aryl methyl sites for hydroxylation is 1. The second-order valence-corrected chi connectivity index (χ2v) is 5.30. The van der Waals surface area contributed by atoms with Crippen LogP contribution in [-0.2, 0) is 6.54 Å². The van der Waals surface area contributed by atoms with E-state index in [0.717, 1.165) is 23.1 Å². The molecule has 2 aromatic carbocycles. The molecular weight excluding hydrogens is 260 g/mol. The number of rotatable bonds is 0. The minimum absolute atomic E-state index is 0.516. The first-order valence-electron chi connectivity index (χ1n) is 6.65. The molecular formula is C17H11N4+. The molecule has 4 rings (SSSR count). The fourth-order valence-corrected chi connectivity index (χ4v) is 3.05. The van der Waals surface area contributed by atoms with Crippen LogP contribution in [0.15, 0.2) is 36.5 Å². The van der Waals surface area contributed by atoms with E-state index in [4.69, 9.17) is 13.1 Å². The first-order valence-corrected chi connectivity index (χ1v) is 6.65. The molecule has 1 aliphatic heterocycles. The summed E-state index contributed by atoms with van der Waals surface area (Å²) in [7, 11) is 0. The van der Waals surface area contributed by atoms with Gasteiger partial charge in [-0.2, -0.15) is 0 Å². The first-order chi connectivity index (χ1) is 10.2. The fourth-order valence-electron chi connectivity index (χ4n) is 3.05. The van der Waals surface area contributed by atoms with Crippen molar-refractivity contribution in [2.45, 2.75) is 13.5 Å². The van der Waals surface area contributed by atoms with Gasteiger partial charge in [0.2, 0.25) is 11.9 Å². The predicted octanol–water partition coefficient (Wildman–Crippen LogP) is 3.69. The molecule has 0 N–H and O–H groups in total. The van der Waals surface area contributed by atoms with E-state index in [2.05, 4.69) is 44.2 Å². The molecule has 4 heteroatoms. The normalized spacial score (nSPS) is 11.8. The topological polar surface area (TPSA) is 17.5 Å². The lowest BCUT2D eigenvalue weighted by molar-refractivity contribution is -0.749. The van der Waals surface area contributed by atoms with Crippen molar-refractivity contribution in [3.05, 3.63) is 70.5 Å². The van der Waals surface area contributed by atoms with E-state index in [0.29, 0.717) is 11.4 Å². The molecule has 0 fully saturated rings. The minimum atomic E-state index is 0.516. The number of hydrogen-bond donors (Lipinski definition) is 0. The zero-order valence-corrected chi connectivity index (χ0v) is 11.5. The Balaban J connectivity index is 2.11. The van der Waals surface area contributed by atoms with Gasteiger partial charge in [-0.1, -0.05) is 11.6 Å². The summed E-state index contributed by atoms with van der Waals surface area (Å²) >= 11 is 0. The van der Waals surface area contributed by atoms with Crippen LogP contribution in [0.2, 0.25) is 0 Å². The van der Waals surface area contributed by atoms with Crippen molar-refractivity contribution in [2.24, 2.45) is 0 Å². The smallest absolute Gasteiger partial charge is 0.207 e. The lowest BCUT2D eigenvalue weighted by Crippen LogP contribution is -2.36. The predicted molar refractivity (Wildman–Crippen MR) is 79.8 cm³/mol. The number of aromatic nitrogens is 2. The van der Waals surface area contributed by atoms with Crippen LogP contribution in [0.3, 0.4) is 0 Å². The van der Waals surface area contributed by atoms with Crippen LogP contribution in [0.4, 0.5) is 11.4 Å². The highest BCUT2D eigenvalue weighted by atomic mass is 15.4. The molecule has 0 atom stereocenters. The van der Waals surface area contributed by atoms with Gasteiger partial charge in [0, 0.05) is 10.9 Å². The van der Waals surface area contributed by atoms with Gasteiger partial charge < -0.3 is 0 Å². The fraction of sp³-hybridized carbons (Fsp3) is 0.118. The van der Waals surface area contributed by atoms with E-state index in [1.54, 1.807) is 6.07 Å².